The van der Waals surface area contributed by atoms with Gasteiger partial charge < -0.3 is 10.8 Å². The van der Waals surface area contributed by atoms with Gasteiger partial charge in [-0.1, -0.05) is 30.3 Å². The molecule has 0 saturated carbocycles. The summed E-state index contributed by atoms with van der Waals surface area (Å²) in [6.45, 7) is 0.370. The molecular formula is C11H17NO. The number of benzene rings is 1. The van der Waals surface area contributed by atoms with Crippen molar-refractivity contribution in [2.75, 3.05) is 6.54 Å². The van der Waals surface area contributed by atoms with E-state index in [-0.39, 0.29) is 6.10 Å². The molecule has 1 atom stereocenters. The van der Waals surface area contributed by atoms with Gasteiger partial charge in [-0.3, -0.25) is 0 Å². The van der Waals surface area contributed by atoms with E-state index in [0.29, 0.717) is 6.54 Å². The van der Waals surface area contributed by atoms with Crippen molar-refractivity contribution in [2.45, 2.75) is 25.4 Å². The number of hydrogen-bond acceptors (Lipinski definition) is 2. The molecule has 1 rings (SSSR count). The predicted molar refractivity (Wildman–Crippen MR) is 54.4 cm³/mol. The highest BCUT2D eigenvalue weighted by atomic mass is 16.3. The zero-order valence-corrected chi connectivity index (χ0v) is 7.82. The van der Waals surface area contributed by atoms with Gasteiger partial charge in [0.15, 0.2) is 0 Å². The molecule has 0 unspecified atom stereocenters. The smallest absolute Gasteiger partial charge is 0.0662 e. The van der Waals surface area contributed by atoms with Crippen molar-refractivity contribution in [3.63, 3.8) is 0 Å². The summed E-state index contributed by atoms with van der Waals surface area (Å²) in [5, 5.41) is 9.21. The molecule has 3 N–H and O–H groups in total. The molecule has 0 aliphatic carbocycles. The number of rotatable bonds is 5. The molecule has 0 spiro atoms. The van der Waals surface area contributed by atoms with E-state index >= 15 is 0 Å². The van der Waals surface area contributed by atoms with Crippen molar-refractivity contribution in [1.82, 2.24) is 0 Å². The monoisotopic (exact) mass is 179 g/mol. The molecule has 72 valence electrons. The molecule has 1 aromatic carbocycles. The number of aliphatic hydroxyl groups excluding tert-OH is 1. The van der Waals surface area contributed by atoms with Crippen LogP contribution < -0.4 is 5.73 Å². The lowest BCUT2D eigenvalue weighted by Gasteiger charge is -2.06. The summed E-state index contributed by atoms with van der Waals surface area (Å²) in [5.74, 6) is 0. The Morgan fingerprint density at radius 1 is 1.23 bits per heavy atom. The van der Waals surface area contributed by atoms with Gasteiger partial charge in [-0.05, 0) is 24.8 Å². The van der Waals surface area contributed by atoms with Crippen molar-refractivity contribution in [2.24, 2.45) is 5.73 Å². The summed E-state index contributed by atoms with van der Waals surface area (Å²) < 4.78 is 0. The summed E-state index contributed by atoms with van der Waals surface area (Å²) >= 11 is 0. The molecule has 0 bridgehead atoms. The molecule has 2 heteroatoms. The Morgan fingerprint density at radius 2 is 1.92 bits per heavy atom. The zero-order valence-electron chi connectivity index (χ0n) is 7.82. The molecule has 0 aliphatic rings. The number of aliphatic hydroxyl groups is 1. The van der Waals surface area contributed by atoms with Crippen molar-refractivity contribution in [3.05, 3.63) is 35.9 Å². The van der Waals surface area contributed by atoms with E-state index in [2.05, 4.69) is 12.1 Å². The third kappa shape index (κ3) is 4.06. The Morgan fingerprint density at radius 3 is 2.54 bits per heavy atom. The van der Waals surface area contributed by atoms with Gasteiger partial charge in [0.25, 0.3) is 0 Å². The fourth-order valence-corrected chi connectivity index (χ4v) is 1.30. The van der Waals surface area contributed by atoms with Crippen molar-refractivity contribution in [3.8, 4) is 0 Å². The van der Waals surface area contributed by atoms with E-state index in [9.17, 15) is 5.11 Å². The highest BCUT2D eigenvalue weighted by molar-refractivity contribution is 5.14. The minimum Gasteiger partial charge on any atom is -0.392 e. The average Bonchev–Trinajstić information content (AvgIpc) is 2.19. The maximum absolute atomic E-state index is 9.21. The predicted octanol–water partition coefficient (Wildman–Crippen LogP) is 1.33. The Hall–Kier alpha value is -0.860. The van der Waals surface area contributed by atoms with Crippen LogP contribution >= 0.6 is 0 Å². The summed E-state index contributed by atoms with van der Waals surface area (Å²) in [4.78, 5) is 0. The molecule has 0 heterocycles. The lowest BCUT2D eigenvalue weighted by molar-refractivity contribution is 0.170. The van der Waals surface area contributed by atoms with Crippen LogP contribution in [-0.4, -0.2) is 17.8 Å². The average molecular weight is 179 g/mol. The summed E-state index contributed by atoms with van der Waals surface area (Å²) in [7, 11) is 0. The van der Waals surface area contributed by atoms with Crippen LogP contribution in [0.1, 0.15) is 18.4 Å². The third-order valence-electron chi connectivity index (χ3n) is 2.12. The SMILES string of the molecule is NC[C@@H](O)CCCc1ccccc1. The van der Waals surface area contributed by atoms with E-state index in [1.807, 2.05) is 18.2 Å². The minimum atomic E-state index is -0.330. The third-order valence-corrected chi connectivity index (χ3v) is 2.12. The van der Waals surface area contributed by atoms with Crippen molar-refractivity contribution >= 4 is 0 Å². The fraction of sp³-hybridized carbons (Fsp3) is 0.455. The van der Waals surface area contributed by atoms with E-state index in [4.69, 9.17) is 5.73 Å². The van der Waals surface area contributed by atoms with Gasteiger partial charge in [0.1, 0.15) is 0 Å². The second-order valence-electron chi connectivity index (χ2n) is 3.27. The summed E-state index contributed by atoms with van der Waals surface area (Å²) in [6.07, 6.45) is 2.50. The van der Waals surface area contributed by atoms with Gasteiger partial charge in [0.2, 0.25) is 0 Å². The Kier molecular flexibility index (Phi) is 4.50. The molecule has 0 aliphatic heterocycles. The first kappa shape index (κ1) is 10.2. The molecular weight excluding hydrogens is 162 g/mol. The standard InChI is InChI=1S/C11H17NO/c12-9-11(13)8-4-7-10-5-2-1-3-6-10/h1-3,5-6,11,13H,4,7-9,12H2/t11-/m0/s1. The molecule has 0 fully saturated rings. The van der Waals surface area contributed by atoms with Crippen molar-refractivity contribution < 1.29 is 5.11 Å². The van der Waals surface area contributed by atoms with Crippen LogP contribution in [0, 0.1) is 0 Å². The van der Waals surface area contributed by atoms with Gasteiger partial charge in [-0.2, -0.15) is 0 Å². The first-order chi connectivity index (χ1) is 6.33. The molecule has 0 aromatic heterocycles. The van der Waals surface area contributed by atoms with Crippen LogP contribution in [0.15, 0.2) is 30.3 Å². The normalized spacial score (nSPS) is 12.8. The van der Waals surface area contributed by atoms with Gasteiger partial charge in [0, 0.05) is 6.54 Å². The second kappa shape index (κ2) is 5.73. The van der Waals surface area contributed by atoms with Crippen LogP contribution in [0.3, 0.4) is 0 Å². The van der Waals surface area contributed by atoms with Crippen LogP contribution in [0.4, 0.5) is 0 Å². The number of nitrogens with two attached hydrogens (primary N) is 1. The molecule has 0 saturated heterocycles. The van der Waals surface area contributed by atoms with Crippen molar-refractivity contribution in [1.29, 1.82) is 0 Å². The van der Waals surface area contributed by atoms with Crippen LogP contribution in [0.25, 0.3) is 0 Å². The fourth-order valence-electron chi connectivity index (χ4n) is 1.30. The zero-order chi connectivity index (χ0) is 9.52. The van der Waals surface area contributed by atoms with Crippen LogP contribution in [0.5, 0.6) is 0 Å². The Labute approximate surface area is 79.4 Å². The highest BCUT2D eigenvalue weighted by Gasteiger charge is 2.00. The van der Waals surface area contributed by atoms with E-state index in [1.165, 1.54) is 5.56 Å². The van der Waals surface area contributed by atoms with Crippen LogP contribution in [-0.2, 0) is 6.42 Å². The molecule has 0 amide bonds. The molecule has 0 radical (unpaired) electrons. The first-order valence-corrected chi connectivity index (χ1v) is 4.75. The lowest BCUT2D eigenvalue weighted by atomic mass is 10.1. The van der Waals surface area contributed by atoms with Gasteiger partial charge in [-0.25, -0.2) is 0 Å². The van der Waals surface area contributed by atoms with E-state index in [0.717, 1.165) is 19.3 Å². The van der Waals surface area contributed by atoms with Crippen LogP contribution in [0.2, 0.25) is 0 Å². The summed E-state index contributed by atoms with van der Waals surface area (Å²) in [5.41, 5.74) is 6.63. The topological polar surface area (TPSA) is 46.2 Å². The van der Waals surface area contributed by atoms with Gasteiger partial charge in [0.05, 0.1) is 6.10 Å². The molecule has 2 nitrogen and oxygen atoms in total. The van der Waals surface area contributed by atoms with Gasteiger partial charge >= 0.3 is 0 Å². The largest absolute Gasteiger partial charge is 0.392 e. The summed E-state index contributed by atoms with van der Waals surface area (Å²) in [6, 6.07) is 10.3. The molecule has 13 heavy (non-hydrogen) atoms. The van der Waals surface area contributed by atoms with Gasteiger partial charge in [-0.15, -0.1) is 0 Å². The minimum absolute atomic E-state index is 0.330. The Balaban J connectivity index is 2.20. The second-order valence-corrected chi connectivity index (χ2v) is 3.27. The lowest BCUT2D eigenvalue weighted by Crippen LogP contribution is -2.19. The van der Waals surface area contributed by atoms with E-state index in [1.54, 1.807) is 0 Å². The molecule has 1 aromatic rings. The first-order valence-electron chi connectivity index (χ1n) is 4.75. The quantitative estimate of drug-likeness (QED) is 0.716. The Bertz CT molecular complexity index is 223. The number of hydrogen-bond donors (Lipinski definition) is 2. The maximum Gasteiger partial charge on any atom is 0.0662 e. The maximum atomic E-state index is 9.21. The highest BCUT2D eigenvalue weighted by Crippen LogP contribution is 2.05. The number of aryl methyl sites for hydroxylation is 1. The van der Waals surface area contributed by atoms with E-state index < -0.39 is 0 Å².